The Morgan fingerprint density at radius 1 is 0.667 bits per heavy atom. The summed E-state index contributed by atoms with van der Waals surface area (Å²) < 4.78 is 5.99. The van der Waals surface area contributed by atoms with Crippen molar-refractivity contribution in [3.05, 3.63) is 156 Å². The van der Waals surface area contributed by atoms with Crippen molar-refractivity contribution in [1.29, 1.82) is 0 Å². The third kappa shape index (κ3) is 7.60. The molecule has 0 aliphatic carbocycles. The van der Waals surface area contributed by atoms with Crippen molar-refractivity contribution in [2.24, 2.45) is 5.92 Å². The third-order valence-corrected chi connectivity index (χ3v) is 8.35. The zero-order valence-corrected chi connectivity index (χ0v) is 25.1. The maximum atomic E-state index is 13.5. The number of carbonyl (C=O) groups is 2. The lowest BCUT2D eigenvalue weighted by atomic mass is 9.79. The molecule has 5 aromatic rings. The van der Waals surface area contributed by atoms with Gasteiger partial charge in [0, 0.05) is 30.2 Å². The molecule has 1 aliphatic heterocycles. The number of anilines is 3. The normalized spacial score (nSPS) is 13.9. The van der Waals surface area contributed by atoms with Crippen molar-refractivity contribution in [3.8, 4) is 5.75 Å². The fraction of sp³-hybridized carbons (Fsp3) is 0.179. The van der Waals surface area contributed by atoms with Crippen LogP contribution in [0.15, 0.2) is 140 Å². The van der Waals surface area contributed by atoms with Gasteiger partial charge in [-0.25, -0.2) is 0 Å². The maximum absolute atomic E-state index is 13.5. The number of piperidine rings is 1. The second-order valence-corrected chi connectivity index (χ2v) is 11.3. The molecule has 2 N–H and O–H groups in total. The molecule has 6 rings (SSSR count). The summed E-state index contributed by atoms with van der Waals surface area (Å²) >= 11 is 0. The van der Waals surface area contributed by atoms with E-state index < -0.39 is 0 Å². The van der Waals surface area contributed by atoms with E-state index >= 15 is 0 Å². The largest absolute Gasteiger partial charge is 0.488 e. The minimum absolute atomic E-state index is 0.0398. The SMILES string of the molecule is O=C(Nc1ccc(N2CCC(C(C(=O)Nc3ccccc3)c3ccccc3)CC2)cc1)c1ccccc1OCc1ccccc1. The predicted molar refractivity (Wildman–Crippen MR) is 181 cm³/mol. The van der Waals surface area contributed by atoms with Crippen LogP contribution in [0.2, 0.25) is 0 Å². The Hall–Kier alpha value is -5.36. The number of benzene rings is 5. The van der Waals surface area contributed by atoms with E-state index in [9.17, 15) is 9.59 Å². The molecule has 0 bridgehead atoms. The number of nitrogens with zero attached hydrogens (tertiary/aromatic N) is 1. The van der Waals surface area contributed by atoms with E-state index in [1.165, 1.54) is 0 Å². The minimum atomic E-state index is -0.217. The van der Waals surface area contributed by atoms with E-state index in [0.29, 0.717) is 17.9 Å². The Labute approximate surface area is 264 Å². The highest BCUT2D eigenvalue weighted by Gasteiger charge is 2.33. The van der Waals surface area contributed by atoms with Crippen molar-refractivity contribution < 1.29 is 14.3 Å². The second kappa shape index (κ2) is 14.4. The molecule has 5 aromatic carbocycles. The molecule has 0 radical (unpaired) electrons. The number of hydrogen-bond acceptors (Lipinski definition) is 4. The van der Waals surface area contributed by atoms with Crippen LogP contribution in [0.5, 0.6) is 5.75 Å². The first-order valence-electron chi connectivity index (χ1n) is 15.5. The number of nitrogens with one attached hydrogen (secondary N) is 2. The Morgan fingerprint density at radius 2 is 1.24 bits per heavy atom. The van der Waals surface area contributed by atoms with Crippen molar-refractivity contribution in [3.63, 3.8) is 0 Å². The molecule has 1 heterocycles. The van der Waals surface area contributed by atoms with Crippen LogP contribution in [0.4, 0.5) is 17.1 Å². The van der Waals surface area contributed by atoms with E-state index in [0.717, 1.165) is 54.1 Å². The number of para-hydroxylation sites is 2. The van der Waals surface area contributed by atoms with Gasteiger partial charge < -0.3 is 20.3 Å². The summed E-state index contributed by atoms with van der Waals surface area (Å²) in [4.78, 5) is 29.1. The lowest BCUT2D eigenvalue weighted by molar-refractivity contribution is -0.119. The van der Waals surface area contributed by atoms with Crippen LogP contribution >= 0.6 is 0 Å². The van der Waals surface area contributed by atoms with Gasteiger partial charge in [-0.1, -0.05) is 91.0 Å². The van der Waals surface area contributed by atoms with Crippen molar-refractivity contribution >= 4 is 28.9 Å². The van der Waals surface area contributed by atoms with Crippen LogP contribution in [-0.4, -0.2) is 24.9 Å². The predicted octanol–water partition coefficient (Wildman–Crippen LogP) is 8.16. The van der Waals surface area contributed by atoms with Gasteiger partial charge in [-0.2, -0.15) is 0 Å². The van der Waals surface area contributed by atoms with Crippen molar-refractivity contribution in [1.82, 2.24) is 0 Å². The highest BCUT2D eigenvalue weighted by atomic mass is 16.5. The Balaban J connectivity index is 1.07. The number of hydrogen-bond donors (Lipinski definition) is 2. The van der Waals surface area contributed by atoms with E-state index in [2.05, 4.69) is 27.7 Å². The average molecular weight is 596 g/mol. The van der Waals surface area contributed by atoms with Crippen LogP contribution in [0, 0.1) is 5.92 Å². The van der Waals surface area contributed by atoms with Gasteiger partial charge in [0.2, 0.25) is 5.91 Å². The topological polar surface area (TPSA) is 70.7 Å². The first-order chi connectivity index (χ1) is 22.1. The number of carbonyl (C=O) groups excluding carboxylic acids is 2. The number of ether oxygens (including phenoxy) is 1. The summed E-state index contributed by atoms with van der Waals surface area (Å²) in [6, 6.07) is 44.9. The lowest BCUT2D eigenvalue weighted by Crippen LogP contribution is -2.38. The molecule has 1 atom stereocenters. The van der Waals surface area contributed by atoms with Gasteiger partial charge in [-0.15, -0.1) is 0 Å². The molecule has 0 saturated carbocycles. The smallest absolute Gasteiger partial charge is 0.259 e. The highest BCUT2D eigenvalue weighted by molar-refractivity contribution is 6.06. The summed E-state index contributed by atoms with van der Waals surface area (Å²) in [6.07, 6.45) is 1.81. The van der Waals surface area contributed by atoms with E-state index in [1.54, 1.807) is 6.07 Å². The Bertz CT molecular complexity index is 1680. The molecule has 1 saturated heterocycles. The summed E-state index contributed by atoms with van der Waals surface area (Å²) in [7, 11) is 0. The summed E-state index contributed by atoms with van der Waals surface area (Å²) in [5.41, 5.74) is 5.22. The van der Waals surface area contributed by atoms with Crippen molar-refractivity contribution in [2.75, 3.05) is 28.6 Å². The van der Waals surface area contributed by atoms with Crippen LogP contribution in [0.25, 0.3) is 0 Å². The molecular formula is C39H37N3O3. The van der Waals surface area contributed by atoms with E-state index in [1.807, 2.05) is 121 Å². The van der Waals surface area contributed by atoms with Crippen LogP contribution in [-0.2, 0) is 11.4 Å². The van der Waals surface area contributed by atoms with Gasteiger partial charge in [0.25, 0.3) is 5.91 Å². The van der Waals surface area contributed by atoms with Crippen LogP contribution in [0.3, 0.4) is 0 Å². The highest BCUT2D eigenvalue weighted by Crippen LogP contribution is 2.35. The molecule has 1 unspecified atom stereocenters. The Morgan fingerprint density at radius 3 is 1.93 bits per heavy atom. The number of amides is 2. The third-order valence-electron chi connectivity index (χ3n) is 8.35. The molecule has 0 aromatic heterocycles. The maximum Gasteiger partial charge on any atom is 0.259 e. The number of rotatable bonds is 10. The molecule has 2 amide bonds. The average Bonchev–Trinajstić information content (AvgIpc) is 3.10. The fourth-order valence-corrected chi connectivity index (χ4v) is 6.00. The standard InChI is InChI=1S/C39H37N3O3/c43-38(35-18-10-11-19-36(35)45-28-29-12-4-1-5-13-29)40-33-20-22-34(23-21-33)42-26-24-31(25-27-42)37(30-14-6-2-7-15-30)39(44)41-32-16-8-3-9-17-32/h1-23,31,37H,24-28H2,(H,40,43)(H,41,44). The fourth-order valence-electron chi connectivity index (χ4n) is 6.00. The zero-order chi connectivity index (χ0) is 30.8. The first-order valence-corrected chi connectivity index (χ1v) is 15.5. The summed E-state index contributed by atoms with van der Waals surface area (Å²) in [6.45, 7) is 2.09. The quantitative estimate of drug-likeness (QED) is 0.171. The zero-order valence-electron chi connectivity index (χ0n) is 25.1. The monoisotopic (exact) mass is 595 g/mol. The van der Waals surface area contributed by atoms with Gasteiger partial charge in [0.1, 0.15) is 12.4 Å². The second-order valence-electron chi connectivity index (χ2n) is 11.3. The van der Waals surface area contributed by atoms with Gasteiger partial charge in [-0.05, 0) is 78.4 Å². The van der Waals surface area contributed by atoms with Crippen LogP contribution < -0.4 is 20.3 Å². The van der Waals surface area contributed by atoms with Crippen LogP contribution in [0.1, 0.15) is 40.2 Å². The molecular weight excluding hydrogens is 558 g/mol. The van der Waals surface area contributed by atoms with E-state index in [-0.39, 0.29) is 23.7 Å². The summed E-state index contributed by atoms with van der Waals surface area (Å²) in [5, 5.41) is 6.15. The van der Waals surface area contributed by atoms with Gasteiger partial charge in [0.15, 0.2) is 0 Å². The molecule has 6 nitrogen and oxygen atoms in total. The lowest BCUT2D eigenvalue weighted by Gasteiger charge is -2.37. The molecule has 0 spiro atoms. The molecule has 1 aliphatic rings. The van der Waals surface area contributed by atoms with Crippen molar-refractivity contribution in [2.45, 2.75) is 25.4 Å². The minimum Gasteiger partial charge on any atom is -0.488 e. The van der Waals surface area contributed by atoms with Gasteiger partial charge >= 0.3 is 0 Å². The van der Waals surface area contributed by atoms with Gasteiger partial charge in [0.05, 0.1) is 11.5 Å². The molecule has 1 fully saturated rings. The molecule has 45 heavy (non-hydrogen) atoms. The van der Waals surface area contributed by atoms with E-state index in [4.69, 9.17) is 4.74 Å². The molecule has 226 valence electrons. The Kier molecular flexibility index (Phi) is 9.51. The molecule has 6 heteroatoms. The van der Waals surface area contributed by atoms with Gasteiger partial charge in [-0.3, -0.25) is 9.59 Å². The summed E-state index contributed by atoms with van der Waals surface area (Å²) in [5.74, 6) is 0.386. The first kappa shape index (κ1) is 29.7.